The molecule has 4 heterocycles. The molecule has 1 aromatic heterocycles. The van der Waals surface area contributed by atoms with Gasteiger partial charge in [-0.2, -0.15) is 0 Å². The van der Waals surface area contributed by atoms with Crippen molar-refractivity contribution in [2.24, 2.45) is 11.8 Å². The zero-order valence-electron chi connectivity index (χ0n) is 25.7. The number of rotatable bonds is 11. The molecular weight excluding hydrogens is 668 g/mol. The van der Waals surface area contributed by atoms with E-state index < -0.39 is 41.5 Å². The largest absolute Gasteiger partial charge is 0.494 e. The Labute approximate surface area is 279 Å². The Morgan fingerprint density at radius 3 is 2.57 bits per heavy atom. The molecule has 3 unspecified atom stereocenters. The van der Waals surface area contributed by atoms with Crippen LogP contribution in [0.2, 0.25) is 0 Å². The van der Waals surface area contributed by atoms with Crippen LogP contribution in [0.15, 0.2) is 78.9 Å². The number of anilines is 1. The lowest BCUT2D eigenvalue weighted by Gasteiger charge is -2.37. The van der Waals surface area contributed by atoms with E-state index in [0.29, 0.717) is 36.4 Å². The lowest BCUT2D eigenvalue weighted by Crippen LogP contribution is -2.58. The number of hydrogen-bond donors (Lipinski definition) is 3. The Kier molecular flexibility index (Phi) is 8.45. The van der Waals surface area contributed by atoms with Crippen molar-refractivity contribution in [3.05, 3.63) is 84.4 Å². The molecule has 7 atom stereocenters. The third-order valence-electron chi connectivity index (χ3n) is 9.45. The molecule has 3 N–H and O–H groups in total. The number of alkyl halides is 1. The minimum Gasteiger partial charge on any atom is -0.494 e. The van der Waals surface area contributed by atoms with Gasteiger partial charge in [-0.25, -0.2) is 4.68 Å². The van der Waals surface area contributed by atoms with Crippen LogP contribution in [0.25, 0.3) is 11.0 Å². The average molecular weight is 704 g/mol. The van der Waals surface area contributed by atoms with Crippen molar-refractivity contribution in [2.45, 2.75) is 55.0 Å². The number of nitrogens with zero attached hydrogens (tertiary/aromatic N) is 4. The van der Waals surface area contributed by atoms with Crippen molar-refractivity contribution < 1.29 is 29.0 Å². The van der Waals surface area contributed by atoms with Crippen LogP contribution in [0.4, 0.5) is 5.69 Å². The minimum absolute atomic E-state index is 0.00389. The number of fused-ring (bicyclic) bond motifs is 2. The van der Waals surface area contributed by atoms with E-state index in [1.165, 1.54) is 4.90 Å². The summed E-state index contributed by atoms with van der Waals surface area (Å²) in [5.41, 5.74) is 1.58. The number of carbonyl (C=O) groups excluding carboxylic acids is 3. The van der Waals surface area contributed by atoms with Crippen LogP contribution in [0.5, 0.6) is 5.75 Å². The van der Waals surface area contributed by atoms with E-state index >= 15 is 0 Å². The molecule has 7 rings (SSSR count). The number of amides is 3. The van der Waals surface area contributed by atoms with Crippen molar-refractivity contribution in [1.29, 1.82) is 0 Å². The van der Waals surface area contributed by atoms with Crippen molar-refractivity contribution in [3.8, 4) is 5.75 Å². The Hall–Kier alpha value is -4.33. The molecule has 4 aromatic rings. The van der Waals surface area contributed by atoms with E-state index in [0.717, 1.165) is 11.1 Å². The maximum atomic E-state index is 14.6. The highest BCUT2D eigenvalue weighted by molar-refractivity contribution is 9.09. The van der Waals surface area contributed by atoms with E-state index in [1.807, 2.05) is 61.5 Å². The summed E-state index contributed by atoms with van der Waals surface area (Å²) in [5, 5.41) is 25.0. The summed E-state index contributed by atoms with van der Waals surface area (Å²) >= 11 is 3.71. The van der Waals surface area contributed by atoms with Crippen molar-refractivity contribution in [2.75, 3.05) is 18.5 Å². The third kappa shape index (κ3) is 5.45. The molecule has 0 saturated carbocycles. The summed E-state index contributed by atoms with van der Waals surface area (Å²) in [4.78, 5) is 44.1. The molecule has 3 aliphatic rings. The van der Waals surface area contributed by atoms with Gasteiger partial charge in [0.2, 0.25) is 17.7 Å². The Morgan fingerprint density at radius 2 is 1.83 bits per heavy atom. The highest BCUT2D eigenvalue weighted by Gasteiger charge is 2.77. The van der Waals surface area contributed by atoms with Gasteiger partial charge >= 0.3 is 0 Å². The highest BCUT2D eigenvalue weighted by atomic mass is 79.9. The zero-order valence-corrected chi connectivity index (χ0v) is 27.2. The first-order valence-corrected chi connectivity index (χ1v) is 16.6. The van der Waals surface area contributed by atoms with Gasteiger partial charge in [0.05, 0.1) is 42.7 Å². The van der Waals surface area contributed by atoms with Gasteiger partial charge in [0.1, 0.15) is 29.6 Å². The molecule has 12 nitrogen and oxygen atoms in total. The lowest BCUT2D eigenvalue weighted by molar-refractivity contribution is -0.145. The average Bonchev–Trinajstić information content (AvgIpc) is 3.81. The van der Waals surface area contributed by atoms with Gasteiger partial charge < -0.3 is 30.1 Å². The van der Waals surface area contributed by atoms with Crippen molar-refractivity contribution in [3.63, 3.8) is 0 Å². The number of aliphatic hydroxyl groups is 1. The predicted molar refractivity (Wildman–Crippen MR) is 175 cm³/mol. The van der Waals surface area contributed by atoms with Crippen LogP contribution < -0.4 is 15.4 Å². The molecule has 0 aliphatic carbocycles. The molecule has 3 saturated heterocycles. The number of likely N-dealkylation sites (tertiary alicyclic amines) is 1. The first kappa shape index (κ1) is 31.3. The molecule has 1 spiro atoms. The van der Waals surface area contributed by atoms with Gasteiger partial charge in [0, 0.05) is 10.5 Å². The maximum absolute atomic E-state index is 14.6. The standard InChI is InChI=1S/C34H35BrN6O6/c1-2-46-23-14-12-21(13-15-23)37-31(43)27-28-33(45)41(22(18-42)16-20-8-4-3-5-9-20)30(34(28)17-24(35)29(27)47-34)32(44)36-19-40-26-11-7-6-10-25(26)38-39-40/h3-15,22,24,27-30,42H,2,16-19H2,1H3,(H,36,44)(H,37,43)/t22-,24?,27-,28+,29-,30?,34?/m1/s1. The van der Waals surface area contributed by atoms with Crippen molar-refractivity contribution in [1.82, 2.24) is 25.2 Å². The van der Waals surface area contributed by atoms with Gasteiger partial charge in [-0.05, 0) is 61.7 Å². The quantitative estimate of drug-likeness (QED) is 0.202. The number of ether oxygens (including phenoxy) is 2. The van der Waals surface area contributed by atoms with Crippen LogP contribution in [0.1, 0.15) is 18.9 Å². The van der Waals surface area contributed by atoms with Gasteiger partial charge in [-0.3, -0.25) is 14.4 Å². The number of aliphatic hydroxyl groups excluding tert-OH is 1. The lowest BCUT2D eigenvalue weighted by atomic mass is 9.70. The van der Waals surface area contributed by atoms with Gasteiger partial charge in [-0.15, -0.1) is 5.10 Å². The molecule has 3 aromatic carbocycles. The number of benzene rings is 3. The second-order valence-corrected chi connectivity index (χ2v) is 13.3. The van der Waals surface area contributed by atoms with Gasteiger partial charge in [-0.1, -0.05) is 63.6 Å². The summed E-state index contributed by atoms with van der Waals surface area (Å²) in [5.74, 6) is -2.35. The Morgan fingerprint density at radius 1 is 1.09 bits per heavy atom. The van der Waals surface area contributed by atoms with Crippen molar-refractivity contribution >= 4 is 50.4 Å². The maximum Gasteiger partial charge on any atom is 0.247 e. The number of hydrogen-bond acceptors (Lipinski definition) is 8. The second kappa shape index (κ2) is 12.7. The molecule has 244 valence electrons. The van der Waals surface area contributed by atoms with Gasteiger partial charge in [0.15, 0.2) is 0 Å². The van der Waals surface area contributed by atoms with Crippen LogP contribution in [0, 0.1) is 11.8 Å². The van der Waals surface area contributed by atoms with E-state index in [9.17, 15) is 19.5 Å². The first-order chi connectivity index (χ1) is 22.8. The molecule has 0 radical (unpaired) electrons. The molecular formula is C34H35BrN6O6. The molecule has 13 heteroatoms. The summed E-state index contributed by atoms with van der Waals surface area (Å²) in [6.45, 7) is 2.03. The van der Waals surface area contributed by atoms with Crippen LogP contribution in [-0.4, -0.2) is 84.6 Å². The summed E-state index contributed by atoms with van der Waals surface area (Å²) in [6.07, 6.45) is 0.0174. The smallest absolute Gasteiger partial charge is 0.247 e. The van der Waals surface area contributed by atoms with E-state index in [4.69, 9.17) is 9.47 Å². The Bertz CT molecular complexity index is 1790. The Balaban J connectivity index is 1.21. The summed E-state index contributed by atoms with van der Waals surface area (Å²) < 4.78 is 13.7. The number of carbonyl (C=O) groups is 3. The number of aromatic nitrogens is 3. The SMILES string of the molecule is CCOc1ccc(NC(=O)[C@H]2[C@@H]3OC4(CC3Br)C(C(=O)NCn3nnc5ccccc53)N([C@@H](CO)Cc3ccccc3)C(=O)[C@H]24)cc1. The minimum atomic E-state index is -1.30. The first-order valence-electron chi connectivity index (χ1n) is 15.7. The molecule has 3 aliphatic heterocycles. The monoisotopic (exact) mass is 702 g/mol. The third-order valence-corrected chi connectivity index (χ3v) is 10.3. The number of halogens is 1. The second-order valence-electron chi connectivity index (χ2n) is 12.2. The van der Waals surface area contributed by atoms with E-state index in [2.05, 4.69) is 36.9 Å². The predicted octanol–water partition coefficient (Wildman–Crippen LogP) is 2.89. The fraction of sp³-hybridized carbons (Fsp3) is 0.382. The van der Waals surface area contributed by atoms with Crippen LogP contribution in [0.3, 0.4) is 0 Å². The zero-order chi connectivity index (χ0) is 32.7. The highest BCUT2D eigenvalue weighted by Crippen LogP contribution is 2.60. The number of para-hydroxylation sites is 1. The molecule has 3 amide bonds. The fourth-order valence-electron chi connectivity index (χ4n) is 7.51. The molecule has 47 heavy (non-hydrogen) atoms. The molecule has 3 fully saturated rings. The normalized spacial score (nSPS) is 26.7. The van der Waals surface area contributed by atoms with Gasteiger partial charge in [0.25, 0.3) is 0 Å². The molecule has 2 bridgehead atoms. The summed E-state index contributed by atoms with van der Waals surface area (Å²) in [7, 11) is 0. The fourth-order valence-corrected chi connectivity index (χ4v) is 8.45. The number of nitrogens with one attached hydrogen (secondary N) is 2. The topological polar surface area (TPSA) is 148 Å². The summed E-state index contributed by atoms with van der Waals surface area (Å²) in [6, 6.07) is 22.1. The van der Waals surface area contributed by atoms with E-state index in [1.54, 1.807) is 28.9 Å². The van der Waals surface area contributed by atoms with Crippen LogP contribution >= 0.6 is 15.9 Å². The van der Waals surface area contributed by atoms with E-state index in [-0.39, 0.29) is 29.9 Å². The van der Waals surface area contributed by atoms with Crippen LogP contribution in [-0.2, 0) is 32.2 Å².